The van der Waals surface area contributed by atoms with Gasteiger partial charge in [-0.1, -0.05) is 57.6 Å². The third-order valence-electron chi connectivity index (χ3n) is 3.01. The Morgan fingerprint density at radius 1 is 0.824 bits per heavy atom. The minimum atomic E-state index is 0. The Hall–Kier alpha value is 0.591. The van der Waals surface area contributed by atoms with Gasteiger partial charge >= 0.3 is 48.9 Å². The van der Waals surface area contributed by atoms with Crippen molar-refractivity contribution in [2.45, 2.75) is 58.3 Å². The van der Waals surface area contributed by atoms with Crippen molar-refractivity contribution in [3.05, 3.63) is 29.8 Å². The van der Waals surface area contributed by atoms with Gasteiger partial charge in [0.25, 0.3) is 0 Å². The Morgan fingerprint density at radius 3 is 1.94 bits per heavy atom. The van der Waals surface area contributed by atoms with E-state index in [2.05, 4.69) is 6.92 Å². The van der Waals surface area contributed by atoms with Gasteiger partial charge in [-0.15, -0.1) is 0 Å². The average Bonchev–Trinajstić information content (AvgIpc) is 2.30. The summed E-state index contributed by atoms with van der Waals surface area (Å²) in [5, 5.41) is 9.15. The van der Waals surface area contributed by atoms with Gasteiger partial charge in [0.2, 0.25) is 0 Å². The quantitative estimate of drug-likeness (QED) is 0.553. The molecule has 0 spiro atoms. The Kier molecular flexibility index (Phi) is 12.1. The molecule has 0 aliphatic rings. The molecule has 0 aliphatic carbocycles. The van der Waals surface area contributed by atoms with Gasteiger partial charge in [0.1, 0.15) is 5.75 Å². The zero-order chi connectivity index (χ0) is 11.6. The molecule has 2 heteroatoms. The molecular formula is C15H26BaO. The number of hydrogen-bond donors (Lipinski definition) is 1. The van der Waals surface area contributed by atoms with E-state index in [0.717, 1.165) is 6.42 Å². The van der Waals surface area contributed by atoms with Crippen LogP contribution in [0.1, 0.15) is 57.4 Å². The molecule has 0 atom stereocenters. The topological polar surface area (TPSA) is 20.2 Å². The summed E-state index contributed by atoms with van der Waals surface area (Å²) < 4.78 is 0. The van der Waals surface area contributed by atoms with Crippen LogP contribution < -0.4 is 0 Å². The van der Waals surface area contributed by atoms with E-state index >= 15 is 0 Å². The maximum absolute atomic E-state index is 9.15. The first kappa shape index (κ1) is 17.6. The summed E-state index contributed by atoms with van der Waals surface area (Å²) in [7, 11) is 0. The van der Waals surface area contributed by atoms with E-state index in [-0.39, 0.29) is 48.9 Å². The van der Waals surface area contributed by atoms with Gasteiger partial charge in [-0.3, -0.25) is 0 Å². The van der Waals surface area contributed by atoms with Crippen LogP contribution in [0.5, 0.6) is 5.75 Å². The third kappa shape index (κ3) is 9.20. The van der Waals surface area contributed by atoms with Crippen LogP contribution in [0, 0.1) is 0 Å². The molecule has 0 aliphatic heterocycles. The van der Waals surface area contributed by atoms with E-state index < -0.39 is 0 Å². The standard InChI is InChI=1S/C15H24O.Ba.2H/c1-2-3-4-5-6-7-8-9-14-10-12-15(16)13-11-14;;;/h10-13,16H,2-9H2,1H3;;;. The number of benzene rings is 1. The molecule has 1 aromatic carbocycles. The molecule has 0 aromatic heterocycles. The number of hydrogen-bond acceptors (Lipinski definition) is 1. The van der Waals surface area contributed by atoms with Gasteiger partial charge in [0.05, 0.1) is 0 Å². The molecule has 1 rings (SSSR count). The number of aromatic hydroxyl groups is 1. The van der Waals surface area contributed by atoms with Gasteiger partial charge < -0.3 is 5.11 Å². The second-order valence-electron chi connectivity index (χ2n) is 4.54. The molecule has 0 amide bonds. The molecule has 0 heterocycles. The van der Waals surface area contributed by atoms with Gasteiger partial charge in [-0.25, -0.2) is 0 Å². The van der Waals surface area contributed by atoms with Gasteiger partial charge in [0.15, 0.2) is 0 Å². The van der Waals surface area contributed by atoms with Gasteiger partial charge in [0, 0.05) is 0 Å². The molecule has 94 valence electrons. The minimum absolute atomic E-state index is 0. The van der Waals surface area contributed by atoms with Crippen molar-refractivity contribution < 1.29 is 5.11 Å². The Morgan fingerprint density at radius 2 is 1.35 bits per heavy atom. The molecule has 0 bridgehead atoms. The molecule has 1 N–H and O–H groups in total. The fourth-order valence-electron chi connectivity index (χ4n) is 1.95. The van der Waals surface area contributed by atoms with E-state index in [1.54, 1.807) is 12.1 Å². The number of phenolic OH excluding ortho intramolecular Hbond substituents is 1. The predicted octanol–water partition coefficient (Wildman–Crippen LogP) is 3.77. The van der Waals surface area contributed by atoms with Crippen LogP contribution in [-0.2, 0) is 6.42 Å². The van der Waals surface area contributed by atoms with Gasteiger partial charge in [-0.05, 0) is 30.5 Å². The number of aryl methyl sites for hydroxylation is 1. The first-order valence-electron chi connectivity index (χ1n) is 6.61. The van der Waals surface area contributed by atoms with Crippen molar-refractivity contribution >= 4 is 48.9 Å². The fourth-order valence-corrected chi connectivity index (χ4v) is 1.95. The molecule has 0 unspecified atom stereocenters. The average molecular weight is 360 g/mol. The molecule has 0 fully saturated rings. The van der Waals surface area contributed by atoms with Crippen molar-refractivity contribution in [3.63, 3.8) is 0 Å². The summed E-state index contributed by atoms with van der Waals surface area (Å²) in [5.74, 6) is 0.364. The molecule has 0 radical (unpaired) electrons. The van der Waals surface area contributed by atoms with Crippen molar-refractivity contribution in [3.8, 4) is 5.75 Å². The molecule has 1 nitrogen and oxygen atoms in total. The SMILES string of the molecule is CCCCCCCCCc1ccc(O)cc1.[BaH2]. The first-order chi connectivity index (χ1) is 7.83. The zero-order valence-electron chi connectivity index (χ0n) is 10.4. The predicted molar refractivity (Wildman–Crippen MR) is 78.3 cm³/mol. The molecule has 1 aromatic rings. The molecular weight excluding hydrogens is 333 g/mol. The van der Waals surface area contributed by atoms with Crippen molar-refractivity contribution in [2.24, 2.45) is 0 Å². The summed E-state index contributed by atoms with van der Waals surface area (Å²) in [6.45, 7) is 2.25. The summed E-state index contributed by atoms with van der Waals surface area (Å²) in [6, 6.07) is 7.59. The normalized spacial score (nSPS) is 9.94. The van der Waals surface area contributed by atoms with Crippen LogP contribution in [0.15, 0.2) is 24.3 Å². The van der Waals surface area contributed by atoms with E-state index in [0.29, 0.717) is 5.75 Å². The second kappa shape index (κ2) is 11.7. The van der Waals surface area contributed by atoms with E-state index in [1.807, 2.05) is 12.1 Å². The van der Waals surface area contributed by atoms with Gasteiger partial charge in [-0.2, -0.15) is 0 Å². The summed E-state index contributed by atoms with van der Waals surface area (Å²) in [4.78, 5) is 0. The number of unbranched alkanes of at least 4 members (excludes halogenated alkanes) is 6. The molecule has 17 heavy (non-hydrogen) atoms. The van der Waals surface area contributed by atoms with Crippen molar-refractivity contribution in [1.29, 1.82) is 0 Å². The van der Waals surface area contributed by atoms with Crippen molar-refractivity contribution in [1.82, 2.24) is 0 Å². The monoisotopic (exact) mass is 360 g/mol. The molecule has 0 saturated carbocycles. The Bertz CT molecular complexity index is 269. The number of phenols is 1. The zero-order valence-corrected chi connectivity index (χ0v) is 10.4. The first-order valence-corrected chi connectivity index (χ1v) is 6.61. The maximum atomic E-state index is 9.15. The van der Waals surface area contributed by atoms with Crippen molar-refractivity contribution in [2.75, 3.05) is 0 Å². The molecule has 0 saturated heterocycles. The van der Waals surface area contributed by atoms with Crippen LogP contribution in [-0.4, -0.2) is 54.0 Å². The summed E-state index contributed by atoms with van der Waals surface area (Å²) in [6.07, 6.45) is 10.6. The van der Waals surface area contributed by atoms with Crippen LogP contribution in [0.4, 0.5) is 0 Å². The van der Waals surface area contributed by atoms with E-state index in [1.165, 1.54) is 50.5 Å². The van der Waals surface area contributed by atoms with Crippen LogP contribution >= 0.6 is 0 Å². The number of rotatable bonds is 8. The van der Waals surface area contributed by atoms with E-state index in [4.69, 9.17) is 5.11 Å². The van der Waals surface area contributed by atoms with E-state index in [9.17, 15) is 0 Å². The third-order valence-corrected chi connectivity index (χ3v) is 3.01. The van der Waals surface area contributed by atoms with Crippen LogP contribution in [0.25, 0.3) is 0 Å². The summed E-state index contributed by atoms with van der Waals surface area (Å²) in [5.41, 5.74) is 1.34. The second-order valence-corrected chi connectivity index (χ2v) is 4.54. The van der Waals surface area contributed by atoms with Crippen LogP contribution in [0.3, 0.4) is 0 Å². The van der Waals surface area contributed by atoms with Crippen LogP contribution in [0.2, 0.25) is 0 Å². The Balaban J connectivity index is 0.00000256. The fraction of sp³-hybridized carbons (Fsp3) is 0.600. The summed E-state index contributed by atoms with van der Waals surface area (Å²) >= 11 is 0. The Labute approximate surface area is 146 Å².